The highest BCUT2D eigenvalue weighted by molar-refractivity contribution is 5.80. The highest BCUT2D eigenvalue weighted by atomic mass is 16.2. The first-order valence-electron chi connectivity index (χ1n) is 7.66. The summed E-state index contributed by atoms with van der Waals surface area (Å²) in [6, 6.07) is 4.16. The monoisotopic (exact) mass is 300 g/mol. The molecule has 1 aliphatic heterocycles. The molecule has 1 aromatic heterocycles. The van der Waals surface area contributed by atoms with Crippen molar-refractivity contribution in [2.45, 2.75) is 46.6 Å². The Morgan fingerprint density at radius 2 is 2.14 bits per heavy atom. The SMILES string of the molecule is Cc1cc(C)c(C#N)c(N2CCC(C(=O)NC(C)(C)C)C2)n1. The number of amides is 1. The van der Waals surface area contributed by atoms with Gasteiger partial charge in [0.15, 0.2) is 0 Å². The molecule has 1 fully saturated rings. The van der Waals surface area contributed by atoms with Gasteiger partial charge in [-0.1, -0.05) is 0 Å². The van der Waals surface area contributed by atoms with Crippen molar-refractivity contribution in [3.8, 4) is 6.07 Å². The lowest BCUT2D eigenvalue weighted by molar-refractivity contribution is -0.125. The van der Waals surface area contributed by atoms with E-state index in [0.29, 0.717) is 17.9 Å². The van der Waals surface area contributed by atoms with E-state index in [1.165, 1.54) is 0 Å². The van der Waals surface area contributed by atoms with Crippen LogP contribution in [0.3, 0.4) is 0 Å². The predicted octanol–water partition coefficient (Wildman–Crippen LogP) is 2.31. The summed E-state index contributed by atoms with van der Waals surface area (Å²) in [5.41, 5.74) is 2.23. The number of rotatable bonds is 2. The standard InChI is InChI=1S/C17H24N4O/c1-11-8-12(2)19-15(14(11)9-18)21-7-6-13(10-21)16(22)20-17(3,4)5/h8,13H,6-7,10H2,1-5H3,(H,20,22). The van der Waals surface area contributed by atoms with Gasteiger partial charge >= 0.3 is 0 Å². The molecule has 1 unspecified atom stereocenters. The molecule has 5 nitrogen and oxygen atoms in total. The molecule has 0 radical (unpaired) electrons. The smallest absolute Gasteiger partial charge is 0.225 e. The molecule has 5 heteroatoms. The van der Waals surface area contributed by atoms with E-state index in [1.54, 1.807) is 0 Å². The van der Waals surface area contributed by atoms with E-state index in [1.807, 2.05) is 40.7 Å². The summed E-state index contributed by atoms with van der Waals surface area (Å²) in [6.07, 6.45) is 0.793. The zero-order chi connectivity index (χ0) is 16.5. The molecule has 1 aliphatic rings. The van der Waals surface area contributed by atoms with Crippen molar-refractivity contribution >= 4 is 11.7 Å². The molecule has 118 valence electrons. The van der Waals surface area contributed by atoms with Gasteiger partial charge in [0.25, 0.3) is 0 Å². The third-order valence-corrected chi connectivity index (χ3v) is 3.79. The van der Waals surface area contributed by atoms with Crippen LogP contribution < -0.4 is 10.2 Å². The number of aryl methyl sites for hydroxylation is 2. The Kier molecular flexibility index (Phi) is 4.41. The van der Waals surface area contributed by atoms with Crippen LogP contribution in [0.15, 0.2) is 6.07 Å². The average Bonchev–Trinajstić information content (AvgIpc) is 2.85. The Bertz CT molecular complexity index is 625. The number of aromatic nitrogens is 1. The maximum Gasteiger partial charge on any atom is 0.225 e. The zero-order valence-electron chi connectivity index (χ0n) is 14.0. The minimum atomic E-state index is -0.222. The van der Waals surface area contributed by atoms with Crippen LogP contribution >= 0.6 is 0 Å². The number of hydrogen-bond acceptors (Lipinski definition) is 4. The van der Waals surface area contributed by atoms with Gasteiger partial charge in [0.2, 0.25) is 5.91 Å². The molecule has 1 amide bonds. The van der Waals surface area contributed by atoms with E-state index in [4.69, 9.17) is 0 Å². The molecule has 22 heavy (non-hydrogen) atoms. The first kappa shape index (κ1) is 16.3. The van der Waals surface area contributed by atoms with Crippen LogP contribution in [-0.4, -0.2) is 29.5 Å². The topological polar surface area (TPSA) is 69.0 Å². The summed E-state index contributed by atoms with van der Waals surface area (Å²) in [7, 11) is 0. The molecule has 1 atom stereocenters. The number of anilines is 1. The Morgan fingerprint density at radius 3 is 2.73 bits per heavy atom. The van der Waals surface area contributed by atoms with Gasteiger partial charge in [-0.3, -0.25) is 4.79 Å². The molecule has 0 aromatic carbocycles. The minimum absolute atomic E-state index is 0.0478. The van der Waals surface area contributed by atoms with Crippen LogP contribution in [0.25, 0.3) is 0 Å². The fourth-order valence-electron chi connectivity index (χ4n) is 2.82. The van der Waals surface area contributed by atoms with Crippen molar-refractivity contribution in [3.63, 3.8) is 0 Å². The number of pyridine rings is 1. The number of hydrogen-bond donors (Lipinski definition) is 1. The molecular formula is C17H24N4O. The lowest BCUT2D eigenvalue weighted by Gasteiger charge is -2.24. The summed E-state index contributed by atoms with van der Waals surface area (Å²) in [6.45, 7) is 11.2. The lowest BCUT2D eigenvalue weighted by atomic mass is 10.0. The minimum Gasteiger partial charge on any atom is -0.355 e. The number of nitriles is 1. The van der Waals surface area contributed by atoms with Crippen LogP contribution in [0, 0.1) is 31.1 Å². The van der Waals surface area contributed by atoms with Gasteiger partial charge in [-0.05, 0) is 52.7 Å². The Balaban J connectivity index is 2.18. The zero-order valence-corrected chi connectivity index (χ0v) is 14.0. The first-order valence-corrected chi connectivity index (χ1v) is 7.66. The summed E-state index contributed by atoms with van der Waals surface area (Å²) in [5.74, 6) is 0.748. The average molecular weight is 300 g/mol. The lowest BCUT2D eigenvalue weighted by Crippen LogP contribution is -2.44. The number of carbonyl (C=O) groups excluding carboxylic acids is 1. The molecule has 1 saturated heterocycles. The van der Waals surface area contributed by atoms with Crippen molar-refractivity contribution < 1.29 is 4.79 Å². The largest absolute Gasteiger partial charge is 0.355 e. The van der Waals surface area contributed by atoms with Crippen LogP contribution in [-0.2, 0) is 4.79 Å². The Hall–Kier alpha value is -2.09. The van der Waals surface area contributed by atoms with E-state index in [0.717, 1.165) is 24.2 Å². The summed E-state index contributed by atoms with van der Waals surface area (Å²) in [4.78, 5) is 18.9. The first-order chi connectivity index (χ1) is 10.2. The molecule has 0 aliphatic carbocycles. The van der Waals surface area contributed by atoms with Gasteiger partial charge in [0.1, 0.15) is 11.9 Å². The predicted molar refractivity (Wildman–Crippen MR) is 86.6 cm³/mol. The van der Waals surface area contributed by atoms with Crippen molar-refractivity contribution in [1.82, 2.24) is 10.3 Å². The van der Waals surface area contributed by atoms with Crippen LogP contribution in [0.2, 0.25) is 0 Å². The van der Waals surface area contributed by atoms with Gasteiger partial charge in [-0.15, -0.1) is 0 Å². The third kappa shape index (κ3) is 3.56. The molecule has 0 bridgehead atoms. The summed E-state index contributed by atoms with van der Waals surface area (Å²) in [5, 5.41) is 12.4. The van der Waals surface area contributed by atoms with Crippen LogP contribution in [0.5, 0.6) is 0 Å². The molecule has 1 N–H and O–H groups in total. The van der Waals surface area contributed by atoms with Crippen molar-refractivity contribution in [2.75, 3.05) is 18.0 Å². The van der Waals surface area contributed by atoms with Crippen LogP contribution in [0.1, 0.15) is 44.0 Å². The molecule has 0 spiro atoms. The van der Waals surface area contributed by atoms with Crippen molar-refractivity contribution in [1.29, 1.82) is 5.26 Å². The van der Waals surface area contributed by atoms with Gasteiger partial charge < -0.3 is 10.2 Å². The van der Waals surface area contributed by atoms with E-state index < -0.39 is 0 Å². The second-order valence-electron chi connectivity index (χ2n) is 7.06. The van der Waals surface area contributed by atoms with Gasteiger partial charge in [-0.2, -0.15) is 5.26 Å². The second-order valence-corrected chi connectivity index (χ2v) is 7.06. The van der Waals surface area contributed by atoms with E-state index >= 15 is 0 Å². The Morgan fingerprint density at radius 1 is 1.45 bits per heavy atom. The molecule has 2 heterocycles. The number of nitrogens with zero attached hydrogens (tertiary/aromatic N) is 3. The highest BCUT2D eigenvalue weighted by Gasteiger charge is 2.32. The quantitative estimate of drug-likeness (QED) is 0.910. The van der Waals surface area contributed by atoms with E-state index in [9.17, 15) is 10.1 Å². The van der Waals surface area contributed by atoms with Gasteiger partial charge in [-0.25, -0.2) is 4.98 Å². The molecule has 2 rings (SSSR count). The molecule has 1 aromatic rings. The number of carbonyl (C=O) groups is 1. The Labute approximate surface area is 132 Å². The van der Waals surface area contributed by atoms with Gasteiger partial charge in [0, 0.05) is 24.3 Å². The third-order valence-electron chi connectivity index (χ3n) is 3.79. The maximum absolute atomic E-state index is 12.3. The van der Waals surface area contributed by atoms with E-state index in [-0.39, 0.29) is 17.4 Å². The van der Waals surface area contributed by atoms with Gasteiger partial charge in [0.05, 0.1) is 11.5 Å². The second kappa shape index (κ2) is 5.96. The van der Waals surface area contributed by atoms with E-state index in [2.05, 4.69) is 21.3 Å². The molecular weight excluding hydrogens is 276 g/mol. The molecule has 0 saturated carbocycles. The van der Waals surface area contributed by atoms with Crippen molar-refractivity contribution in [3.05, 3.63) is 22.9 Å². The maximum atomic E-state index is 12.3. The summed E-state index contributed by atoms with van der Waals surface area (Å²) < 4.78 is 0. The highest BCUT2D eigenvalue weighted by Crippen LogP contribution is 2.27. The number of nitrogens with one attached hydrogen (secondary N) is 1. The summed E-state index contributed by atoms with van der Waals surface area (Å²) >= 11 is 0. The fourth-order valence-corrected chi connectivity index (χ4v) is 2.82. The fraction of sp³-hybridized carbons (Fsp3) is 0.588. The normalized spacial score (nSPS) is 18.2. The van der Waals surface area contributed by atoms with Crippen LogP contribution in [0.4, 0.5) is 5.82 Å². The van der Waals surface area contributed by atoms with Crippen molar-refractivity contribution in [2.24, 2.45) is 5.92 Å².